The van der Waals surface area contributed by atoms with Gasteiger partial charge in [0.2, 0.25) is 0 Å². The first-order chi connectivity index (χ1) is 8.22. The Bertz CT molecular complexity index is 367. The molecule has 1 aromatic carbocycles. The third-order valence-electron chi connectivity index (χ3n) is 3.71. The van der Waals surface area contributed by atoms with E-state index in [1.807, 2.05) is 19.2 Å². The van der Waals surface area contributed by atoms with Crippen LogP contribution < -0.4 is 5.32 Å². The summed E-state index contributed by atoms with van der Waals surface area (Å²) in [5.74, 6) is 0.782. The highest BCUT2D eigenvalue weighted by molar-refractivity contribution is 6.31. The Morgan fingerprint density at radius 3 is 2.94 bits per heavy atom. The second-order valence-corrected chi connectivity index (χ2v) is 5.31. The van der Waals surface area contributed by atoms with E-state index in [9.17, 15) is 0 Å². The molecule has 1 aliphatic heterocycles. The first-order valence-electron chi connectivity index (χ1n) is 6.35. The maximum absolute atomic E-state index is 6.26. The molecule has 17 heavy (non-hydrogen) atoms. The minimum atomic E-state index is 0.422. The summed E-state index contributed by atoms with van der Waals surface area (Å²) in [5, 5.41) is 4.15. The van der Waals surface area contributed by atoms with Crippen molar-refractivity contribution in [2.75, 3.05) is 26.7 Å². The standard InChI is InChI=1S/C14H21ClN2/c1-11(13-5-3-4-6-14(13)15)17-8-7-12(10-17)9-16-2/h3-6,11-12,16H,7-10H2,1-2H3. The SMILES string of the molecule is CNCC1CCN(C(C)c2ccccc2Cl)C1. The summed E-state index contributed by atoms with van der Waals surface area (Å²) in [4.78, 5) is 2.53. The largest absolute Gasteiger partial charge is 0.319 e. The average molecular weight is 253 g/mol. The molecule has 2 atom stereocenters. The van der Waals surface area contributed by atoms with E-state index in [2.05, 4.69) is 29.3 Å². The molecule has 2 unspecified atom stereocenters. The predicted octanol–water partition coefficient (Wildman–Crippen LogP) is 2.94. The van der Waals surface area contributed by atoms with Gasteiger partial charge in [0, 0.05) is 17.6 Å². The van der Waals surface area contributed by atoms with Gasteiger partial charge in [0.1, 0.15) is 0 Å². The van der Waals surface area contributed by atoms with E-state index in [4.69, 9.17) is 11.6 Å². The molecule has 1 heterocycles. The maximum Gasteiger partial charge on any atom is 0.0453 e. The van der Waals surface area contributed by atoms with E-state index >= 15 is 0 Å². The van der Waals surface area contributed by atoms with E-state index in [-0.39, 0.29) is 0 Å². The number of likely N-dealkylation sites (tertiary alicyclic amines) is 1. The summed E-state index contributed by atoms with van der Waals surface area (Å²) in [6.45, 7) is 5.72. The molecule has 0 saturated carbocycles. The molecule has 0 amide bonds. The summed E-state index contributed by atoms with van der Waals surface area (Å²) in [6.07, 6.45) is 1.29. The topological polar surface area (TPSA) is 15.3 Å². The van der Waals surface area contributed by atoms with Crippen molar-refractivity contribution < 1.29 is 0 Å². The van der Waals surface area contributed by atoms with E-state index in [1.165, 1.54) is 25.1 Å². The molecule has 1 saturated heterocycles. The zero-order valence-corrected chi connectivity index (χ0v) is 11.4. The molecular formula is C14H21ClN2. The van der Waals surface area contributed by atoms with Crippen LogP contribution in [0.3, 0.4) is 0 Å². The number of nitrogens with zero attached hydrogens (tertiary/aromatic N) is 1. The highest BCUT2D eigenvalue weighted by atomic mass is 35.5. The van der Waals surface area contributed by atoms with Gasteiger partial charge in [-0.1, -0.05) is 29.8 Å². The fourth-order valence-electron chi connectivity index (χ4n) is 2.68. The first-order valence-corrected chi connectivity index (χ1v) is 6.73. The van der Waals surface area contributed by atoms with Crippen molar-refractivity contribution in [2.24, 2.45) is 5.92 Å². The van der Waals surface area contributed by atoms with Crippen molar-refractivity contribution in [3.8, 4) is 0 Å². The van der Waals surface area contributed by atoms with E-state index in [0.29, 0.717) is 6.04 Å². The summed E-state index contributed by atoms with van der Waals surface area (Å²) in [7, 11) is 2.03. The van der Waals surface area contributed by atoms with Gasteiger partial charge >= 0.3 is 0 Å². The number of hydrogen-bond acceptors (Lipinski definition) is 2. The van der Waals surface area contributed by atoms with Gasteiger partial charge in [-0.3, -0.25) is 4.90 Å². The van der Waals surface area contributed by atoms with Crippen molar-refractivity contribution in [1.82, 2.24) is 10.2 Å². The van der Waals surface area contributed by atoms with E-state index in [0.717, 1.165) is 17.5 Å². The molecule has 1 aromatic rings. The number of nitrogens with one attached hydrogen (secondary N) is 1. The average Bonchev–Trinajstić information content (AvgIpc) is 2.78. The zero-order chi connectivity index (χ0) is 12.3. The van der Waals surface area contributed by atoms with Gasteiger partial charge in [-0.05, 0) is 51.0 Å². The molecule has 94 valence electrons. The number of rotatable bonds is 4. The summed E-state index contributed by atoms with van der Waals surface area (Å²) >= 11 is 6.26. The van der Waals surface area contributed by atoms with Crippen LogP contribution in [0, 0.1) is 5.92 Å². The minimum absolute atomic E-state index is 0.422. The fourth-order valence-corrected chi connectivity index (χ4v) is 2.97. The lowest BCUT2D eigenvalue weighted by molar-refractivity contribution is 0.252. The summed E-state index contributed by atoms with van der Waals surface area (Å²) < 4.78 is 0. The zero-order valence-electron chi connectivity index (χ0n) is 10.6. The third kappa shape index (κ3) is 3.01. The van der Waals surface area contributed by atoms with Gasteiger partial charge in [0.05, 0.1) is 0 Å². The molecule has 0 aromatic heterocycles. The molecule has 0 spiro atoms. The van der Waals surface area contributed by atoms with Crippen molar-refractivity contribution in [3.05, 3.63) is 34.9 Å². The van der Waals surface area contributed by atoms with Crippen LogP contribution >= 0.6 is 11.6 Å². The van der Waals surface area contributed by atoms with Gasteiger partial charge in [-0.25, -0.2) is 0 Å². The van der Waals surface area contributed by atoms with Crippen LogP contribution in [0.25, 0.3) is 0 Å². The van der Waals surface area contributed by atoms with Crippen LogP contribution in [-0.4, -0.2) is 31.6 Å². The maximum atomic E-state index is 6.26. The summed E-state index contributed by atoms with van der Waals surface area (Å²) in [5.41, 5.74) is 1.25. The second-order valence-electron chi connectivity index (χ2n) is 4.90. The molecule has 1 fully saturated rings. The van der Waals surface area contributed by atoms with Crippen molar-refractivity contribution >= 4 is 11.6 Å². The summed E-state index contributed by atoms with van der Waals surface area (Å²) in [6, 6.07) is 8.60. The lowest BCUT2D eigenvalue weighted by Crippen LogP contribution is -2.27. The normalized spacial score (nSPS) is 22.9. The van der Waals surface area contributed by atoms with Crippen molar-refractivity contribution in [3.63, 3.8) is 0 Å². The highest BCUT2D eigenvalue weighted by Gasteiger charge is 2.26. The lowest BCUT2D eigenvalue weighted by Gasteiger charge is -2.25. The molecule has 3 heteroatoms. The molecule has 0 bridgehead atoms. The quantitative estimate of drug-likeness (QED) is 0.887. The Labute approximate surface area is 109 Å². The molecule has 1 aliphatic rings. The second kappa shape index (κ2) is 5.85. The van der Waals surface area contributed by atoms with Gasteiger partial charge < -0.3 is 5.32 Å². The molecule has 2 nitrogen and oxygen atoms in total. The Hall–Kier alpha value is -0.570. The lowest BCUT2D eigenvalue weighted by atomic mass is 10.1. The minimum Gasteiger partial charge on any atom is -0.319 e. The Morgan fingerprint density at radius 1 is 1.47 bits per heavy atom. The predicted molar refractivity (Wildman–Crippen MR) is 73.5 cm³/mol. The molecule has 1 N–H and O–H groups in total. The molecular weight excluding hydrogens is 232 g/mol. The number of benzene rings is 1. The van der Waals surface area contributed by atoms with Crippen molar-refractivity contribution in [1.29, 1.82) is 0 Å². The molecule has 2 rings (SSSR count). The number of halogens is 1. The molecule has 0 aliphatic carbocycles. The van der Waals surface area contributed by atoms with E-state index in [1.54, 1.807) is 0 Å². The van der Waals surface area contributed by atoms with Crippen LogP contribution in [0.2, 0.25) is 5.02 Å². The van der Waals surface area contributed by atoms with E-state index < -0.39 is 0 Å². The highest BCUT2D eigenvalue weighted by Crippen LogP contribution is 2.30. The fraction of sp³-hybridized carbons (Fsp3) is 0.571. The Balaban J connectivity index is 2.02. The monoisotopic (exact) mass is 252 g/mol. The number of hydrogen-bond donors (Lipinski definition) is 1. The van der Waals surface area contributed by atoms with Gasteiger partial charge in [0.15, 0.2) is 0 Å². The first kappa shape index (κ1) is 12.9. The Kier molecular flexibility index (Phi) is 4.43. The van der Waals surface area contributed by atoms with Crippen LogP contribution in [0.4, 0.5) is 0 Å². The van der Waals surface area contributed by atoms with Gasteiger partial charge in [0.25, 0.3) is 0 Å². The smallest absolute Gasteiger partial charge is 0.0453 e. The van der Waals surface area contributed by atoms with Crippen LogP contribution in [-0.2, 0) is 0 Å². The van der Waals surface area contributed by atoms with Crippen LogP contribution in [0.5, 0.6) is 0 Å². The van der Waals surface area contributed by atoms with Gasteiger partial charge in [-0.15, -0.1) is 0 Å². The van der Waals surface area contributed by atoms with Gasteiger partial charge in [-0.2, -0.15) is 0 Å². The van der Waals surface area contributed by atoms with Crippen LogP contribution in [0.15, 0.2) is 24.3 Å². The van der Waals surface area contributed by atoms with Crippen molar-refractivity contribution in [2.45, 2.75) is 19.4 Å². The molecule has 0 radical (unpaired) electrons. The third-order valence-corrected chi connectivity index (χ3v) is 4.06. The Morgan fingerprint density at radius 2 is 2.24 bits per heavy atom. The van der Waals surface area contributed by atoms with Crippen LogP contribution in [0.1, 0.15) is 24.9 Å².